The summed E-state index contributed by atoms with van der Waals surface area (Å²) in [5, 5.41) is 10.5. The minimum atomic E-state index is 0.537. The van der Waals surface area contributed by atoms with Gasteiger partial charge in [0.15, 0.2) is 17.3 Å². The SMILES string of the molecule is COc1cc(-c2n[nH]c(CNc3ccccc3)n2)cc(OC)c1OC. The molecular weight excluding hydrogens is 320 g/mol. The topological polar surface area (TPSA) is 81.3 Å². The number of H-pyrrole nitrogens is 1. The van der Waals surface area contributed by atoms with Gasteiger partial charge in [-0.15, -0.1) is 0 Å². The number of para-hydroxylation sites is 1. The summed E-state index contributed by atoms with van der Waals surface area (Å²) in [6, 6.07) is 13.6. The Morgan fingerprint density at radius 1 is 0.960 bits per heavy atom. The number of benzene rings is 2. The first kappa shape index (κ1) is 16.6. The molecule has 25 heavy (non-hydrogen) atoms. The van der Waals surface area contributed by atoms with E-state index in [4.69, 9.17) is 14.2 Å². The van der Waals surface area contributed by atoms with Crippen molar-refractivity contribution in [3.8, 4) is 28.6 Å². The van der Waals surface area contributed by atoms with E-state index >= 15 is 0 Å². The Labute approximate surface area is 146 Å². The van der Waals surface area contributed by atoms with Crippen molar-refractivity contribution in [2.24, 2.45) is 0 Å². The van der Waals surface area contributed by atoms with Gasteiger partial charge in [0.05, 0.1) is 27.9 Å². The van der Waals surface area contributed by atoms with Crippen LogP contribution in [0, 0.1) is 0 Å². The van der Waals surface area contributed by atoms with Gasteiger partial charge < -0.3 is 19.5 Å². The molecule has 0 fully saturated rings. The molecule has 0 amide bonds. The normalized spacial score (nSPS) is 10.4. The highest BCUT2D eigenvalue weighted by Gasteiger charge is 2.16. The van der Waals surface area contributed by atoms with Crippen LogP contribution in [0.1, 0.15) is 5.82 Å². The number of aromatic amines is 1. The maximum Gasteiger partial charge on any atom is 0.203 e. The summed E-state index contributed by atoms with van der Waals surface area (Å²) in [4.78, 5) is 4.52. The molecule has 0 bridgehead atoms. The van der Waals surface area contributed by atoms with Crippen molar-refractivity contribution in [2.75, 3.05) is 26.6 Å². The molecule has 0 aliphatic rings. The van der Waals surface area contributed by atoms with E-state index in [0.717, 1.165) is 17.1 Å². The van der Waals surface area contributed by atoms with Gasteiger partial charge in [0.2, 0.25) is 5.75 Å². The quantitative estimate of drug-likeness (QED) is 0.688. The maximum absolute atomic E-state index is 5.37. The zero-order valence-corrected chi connectivity index (χ0v) is 14.4. The standard InChI is InChI=1S/C18H20N4O3/c1-23-14-9-12(10-15(24-2)17(14)25-3)18-20-16(21-22-18)11-19-13-7-5-4-6-8-13/h4-10,19H,11H2,1-3H3,(H,20,21,22). The summed E-state index contributed by atoms with van der Waals surface area (Å²) in [6.45, 7) is 0.543. The molecule has 0 aliphatic heterocycles. The average Bonchev–Trinajstić information content (AvgIpc) is 3.15. The molecule has 0 saturated heterocycles. The Balaban J connectivity index is 1.82. The van der Waals surface area contributed by atoms with Crippen LogP contribution < -0.4 is 19.5 Å². The molecule has 0 saturated carbocycles. The molecule has 0 unspecified atom stereocenters. The number of aromatic nitrogens is 3. The summed E-state index contributed by atoms with van der Waals surface area (Å²) >= 11 is 0. The van der Waals surface area contributed by atoms with Crippen LogP contribution in [0.25, 0.3) is 11.4 Å². The van der Waals surface area contributed by atoms with Gasteiger partial charge in [-0.25, -0.2) is 4.98 Å². The zero-order valence-electron chi connectivity index (χ0n) is 14.4. The van der Waals surface area contributed by atoms with Crippen molar-refractivity contribution in [3.05, 3.63) is 48.3 Å². The van der Waals surface area contributed by atoms with Crippen molar-refractivity contribution in [1.82, 2.24) is 15.2 Å². The molecule has 7 nitrogen and oxygen atoms in total. The summed E-state index contributed by atoms with van der Waals surface area (Å²) in [6.07, 6.45) is 0. The van der Waals surface area contributed by atoms with E-state index in [1.54, 1.807) is 21.3 Å². The minimum absolute atomic E-state index is 0.537. The van der Waals surface area contributed by atoms with Crippen molar-refractivity contribution in [2.45, 2.75) is 6.54 Å². The molecule has 1 heterocycles. The zero-order chi connectivity index (χ0) is 17.6. The number of anilines is 1. The van der Waals surface area contributed by atoms with Crippen molar-refractivity contribution < 1.29 is 14.2 Å². The highest BCUT2D eigenvalue weighted by Crippen LogP contribution is 2.40. The van der Waals surface area contributed by atoms with Gasteiger partial charge in [-0.1, -0.05) is 18.2 Å². The van der Waals surface area contributed by atoms with E-state index in [0.29, 0.717) is 29.6 Å². The van der Waals surface area contributed by atoms with Crippen LogP contribution in [-0.2, 0) is 6.54 Å². The van der Waals surface area contributed by atoms with Gasteiger partial charge >= 0.3 is 0 Å². The lowest BCUT2D eigenvalue weighted by Gasteiger charge is -2.12. The summed E-state index contributed by atoms with van der Waals surface area (Å²) in [5.74, 6) is 2.95. The fraction of sp³-hybridized carbons (Fsp3) is 0.222. The number of hydrogen-bond donors (Lipinski definition) is 2. The van der Waals surface area contributed by atoms with Crippen molar-refractivity contribution >= 4 is 5.69 Å². The van der Waals surface area contributed by atoms with Crippen LogP contribution in [0.2, 0.25) is 0 Å². The van der Waals surface area contributed by atoms with E-state index in [9.17, 15) is 0 Å². The lowest BCUT2D eigenvalue weighted by molar-refractivity contribution is 0.324. The van der Waals surface area contributed by atoms with Crippen molar-refractivity contribution in [3.63, 3.8) is 0 Å². The van der Waals surface area contributed by atoms with E-state index in [-0.39, 0.29) is 0 Å². The Morgan fingerprint density at radius 2 is 1.64 bits per heavy atom. The van der Waals surface area contributed by atoms with Gasteiger partial charge in [-0.3, -0.25) is 5.10 Å². The molecule has 0 aliphatic carbocycles. The number of methoxy groups -OCH3 is 3. The first-order chi connectivity index (χ1) is 12.2. The Kier molecular flexibility index (Phi) is 5.03. The predicted molar refractivity (Wildman–Crippen MR) is 95.2 cm³/mol. The molecule has 0 atom stereocenters. The van der Waals surface area contributed by atoms with E-state index in [1.807, 2.05) is 42.5 Å². The molecule has 3 rings (SSSR count). The summed E-state index contributed by atoms with van der Waals surface area (Å²) in [7, 11) is 4.72. The smallest absolute Gasteiger partial charge is 0.203 e. The lowest BCUT2D eigenvalue weighted by Crippen LogP contribution is -2.00. The fourth-order valence-corrected chi connectivity index (χ4v) is 2.46. The molecule has 0 spiro atoms. The molecule has 2 aromatic carbocycles. The molecule has 2 N–H and O–H groups in total. The average molecular weight is 340 g/mol. The fourth-order valence-electron chi connectivity index (χ4n) is 2.46. The largest absolute Gasteiger partial charge is 0.493 e. The third kappa shape index (κ3) is 3.65. The number of rotatable bonds is 7. The minimum Gasteiger partial charge on any atom is -0.493 e. The highest BCUT2D eigenvalue weighted by atomic mass is 16.5. The third-order valence-electron chi connectivity index (χ3n) is 3.69. The first-order valence-electron chi connectivity index (χ1n) is 7.75. The van der Waals surface area contributed by atoms with E-state index in [1.165, 1.54) is 0 Å². The third-order valence-corrected chi connectivity index (χ3v) is 3.69. The molecular formula is C18H20N4O3. The number of hydrogen-bond acceptors (Lipinski definition) is 6. The van der Waals surface area contributed by atoms with E-state index < -0.39 is 0 Å². The number of ether oxygens (including phenoxy) is 3. The van der Waals surface area contributed by atoms with Gasteiger partial charge in [0.1, 0.15) is 5.82 Å². The predicted octanol–water partition coefficient (Wildman–Crippen LogP) is 3.11. The highest BCUT2D eigenvalue weighted by molar-refractivity contribution is 5.66. The number of nitrogens with zero attached hydrogens (tertiary/aromatic N) is 2. The van der Waals surface area contributed by atoms with Gasteiger partial charge in [-0.05, 0) is 24.3 Å². The van der Waals surface area contributed by atoms with Gasteiger partial charge in [0, 0.05) is 11.3 Å². The van der Waals surface area contributed by atoms with Crippen LogP contribution in [-0.4, -0.2) is 36.5 Å². The van der Waals surface area contributed by atoms with Crippen LogP contribution >= 0.6 is 0 Å². The van der Waals surface area contributed by atoms with Crippen LogP contribution in [0.15, 0.2) is 42.5 Å². The van der Waals surface area contributed by atoms with Crippen LogP contribution in [0.5, 0.6) is 17.2 Å². The second-order valence-electron chi connectivity index (χ2n) is 5.24. The Morgan fingerprint density at radius 3 is 2.24 bits per heavy atom. The lowest BCUT2D eigenvalue weighted by atomic mass is 10.1. The summed E-state index contributed by atoms with van der Waals surface area (Å²) < 4.78 is 16.1. The molecule has 3 aromatic rings. The Bertz CT molecular complexity index is 808. The molecule has 1 aromatic heterocycles. The van der Waals surface area contributed by atoms with Crippen LogP contribution in [0.3, 0.4) is 0 Å². The second kappa shape index (κ2) is 7.57. The van der Waals surface area contributed by atoms with Crippen molar-refractivity contribution in [1.29, 1.82) is 0 Å². The first-order valence-corrected chi connectivity index (χ1v) is 7.75. The number of nitrogens with one attached hydrogen (secondary N) is 2. The monoisotopic (exact) mass is 340 g/mol. The molecule has 7 heteroatoms. The van der Waals surface area contributed by atoms with E-state index in [2.05, 4.69) is 20.5 Å². The second-order valence-corrected chi connectivity index (χ2v) is 5.24. The Hall–Kier alpha value is -3.22. The van der Waals surface area contributed by atoms with Crippen LogP contribution in [0.4, 0.5) is 5.69 Å². The van der Waals surface area contributed by atoms with Gasteiger partial charge in [-0.2, -0.15) is 5.10 Å². The van der Waals surface area contributed by atoms with Gasteiger partial charge in [0.25, 0.3) is 0 Å². The maximum atomic E-state index is 5.37. The molecule has 130 valence electrons. The molecule has 0 radical (unpaired) electrons. The summed E-state index contributed by atoms with van der Waals surface area (Å²) in [5.41, 5.74) is 1.80.